The predicted octanol–water partition coefficient (Wildman–Crippen LogP) is 2.71. The molecule has 0 atom stereocenters. The van der Waals surface area contributed by atoms with Crippen LogP contribution in [0.1, 0.15) is 69.7 Å². The maximum atomic E-state index is 13.0. The van der Waals surface area contributed by atoms with Gasteiger partial charge in [-0.2, -0.15) is 0 Å². The summed E-state index contributed by atoms with van der Waals surface area (Å²) in [6.07, 6.45) is 26.1. The van der Waals surface area contributed by atoms with Crippen LogP contribution in [0.25, 0.3) is 0 Å². The van der Waals surface area contributed by atoms with Gasteiger partial charge in [0, 0.05) is 92.2 Å². The molecule has 6 heterocycles. The number of hydrogen-bond donors (Lipinski definition) is 7. The van der Waals surface area contributed by atoms with Crippen molar-refractivity contribution in [3.8, 4) is 0 Å². The number of hydrogen-bond acceptors (Lipinski definition) is 11. The van der Waals surface area contributed by atoms with Gasteiger partial charge >= 0.3 is 17.1 Å². The second-order valence-corrected chi connectivity index (χ2v) is 17.1. The SMILES string of the molecule is CN(C)CCCNC(=O)c1cc(NC(=O)c2nc(NC(=O)c3cc(NC(=O)[C]4[CH][CH][CH][CH]4)cn3C)cn2C)cn1C.Cn1cc(NC(=O)c2nccn2C)cc1C(=O)Nc1cn(C)c(C(=O)N[C]2[CH][CH][CH][CH]2)n1.[Fe+2]. The van der Waals surface area contributed by atoms with Crippen LogP contribution >= 0.6 is 0 Å². The first-order valence-corrected chi connectivity index (χ1v) is 22.6. The van der Waals surface area contributed by atoms with Crippen molar-refractivity contribution in [1.29, 1.82) is 0 Å². The van der Waals surface area contributed by atoms with Gasteiger partial charge in [-0.1, -0.05) is 0 Å². The molecular weight excluding hydrogens is 994 g/mol. The zero-order valence-corrected chi connectivity index (χ0v) is 42.8. The number of anilines is 5. The van der Waals surface area contributed by atoms with Gasteiger partial charge in [0.2, 0.25) is 17.6 Å². The molecule has 0 spiro atoms. The van der Waals surface area contributed by atoms with Gasteiger partial charge in [0.25, 0.3) is 35.4 Å². The fraction of sp³-hybridized carbons (Fsp3) is 0.224. The summed E-state index contributed by atoms with van der Waals surface area (Å²) in [5.74, 6) is -1.31. The smallest absolute Gasteiger partial charge is 0.351 e. The average molecular weight is 1050 g/mol. The summed E-state index contributed by atoms with van der Waals surface area (Å²) < 4.78 is 9.41. The summed E-state index contributed by atoms with van der Waals surface area (Å²) in [6.45, 7) is 1.40. The van der Waals surface area contributed by atoms with E-state index in [4.69, 9.17) is 0 Å². The fourth-order valence-electron chi connectivity index (χ4n) is 7.43. The largest absolute Gasteiger partial charge is 2.00 e. The van der Waals surface area contributed by atoms with Gasteiger partial charge < -0.3 is 69.5 Å². The molecule has 6 aromatic heterocycles. The van der Waals surface area contributed by atoms with Crippen LogP contribution in [-0.2, 0) is 64.1 Å². The van der Waals surface area contributed by atoms with Gasteiger partial charge in [-0.25, -0.2) is 15.0 Å². The van der Waals surface area contributed by atoms with Crippen molar-refractivity contribution in [2.45, 2.75) is 6.42 Å². The molecule has 8 rings (SSSR count). The molecule has 0 saturated heterocycles. The number of nitrogens with one attached hydrogen (secondary N) is 7. The van der Waals surface area contributed by atoms with Crippen molar-refractivity contribution in [1.82, 2.24) is 57.9 Å². The molecule has 0 aliphatic heterocycles. The van der Waals surface area contributed by atoms with Crippen LogP contribution in [0.5, 0.6) is 0 Å². The number of carbonyl (C=O) groups excluding carboxylic acids is 7. The van der Waals surface area contributed by atoms with E-state index < -0.39 is 23.6 Å². The molecule has 24 nitrogen and oxygen atoms in total. The first kappa shape index (κ1) is 55.6. The van der Waals surface area contributed by atoms with Crippen LogP contribution in [0.2, 0.25) is 0 Å². The Kier molecular flexibility index (Phi) is 18.6. The molecule has 2 aliphatic rings. The minimum Gasteiger partial charge on any atom is -0.351 e. The topological polar surface area (TPSA) is 275 Å². The third kappa shape index (κ3) is 14.0. The molecule has 2 aliphatic carbocycles. The Labute approximate surface area is 438 Å². The maximum absolute atomic E-state index is 13.0. The number of amides is 7. The third-order valence-corrected chi connectivity index (χ3v) is 11.1. The molecule has 0 bridgehead atoms. The summed E-state index contributed by atoms with van der Waals surface area (Å²) in [6, 6.07) is 5.35. The number of rotatable bonds is 17. The number of aryl methyl sites for hydroxylation is 6. The molecule has 384 valence electrons. The van der Waals surface area contributed by atoms with Gasteiger partial charge in [0.1, 0.15) is 17.1 Å². The van der Waals surface area contributed by atoms with E-state index in [0.717, 1.165) is 13.0 Å². The van der Waals surface area contributed by atoms with Crippen LogP contribution in [0.15, 0.2) is 61.6 Å². The molecule has 74 heavy (non-hydrogen) atoms. The molecule has 6 aromatic rings. The Hall–Kier alpha value is -7.76. The van der Waals surface area contributed by atoms with Gasteiger partial charge in [-0.05, 0) is 96.6 Å². The number of aromatic nitrogens is 9. The molecule has 2 saturated carbocycles. The monoisotopic (exact) mass is 1050 g/mol. The van der Waals surface area contributed by atoms with Crippen molar-refractivity contribution >= 4 is 70.0 Å². The standard InChI is InChI=1S/C28H34N9O4.C21H21N8O3.Fe/c1-34(2)12-8-11-29-26(39)21-13-20(16-35(21)3)31-28(41)24-32-23(17-37(24)5)33-27(40)22-14-19(15-36(22)4)30-25(38)18-9-6-7-10-18;1-27-9-8-22-17(27)20(31)24-14-10-15(28(2)11-14)19(30)26-16-12-29(3)18(25-16)21(32)23-13-6-4-5-7-13;/h6-7,9-10,13-17H,8,11-12H2,1-5H3,(H,29,39)(H,30,38)(H,31,41)(H,33,40);4-12H,1-3H3,(H,23,32)(H,24,31)(H,26,30);/q;;+2. The second kappa shape index (κ2) is 24.8. The first-order valence-electron chi connectivity index (χ1n) is 22.6. The number of carbonyl (C=O) groups is 7. The molecule has 7 N–H and O–H groups in total. The van der Waals surface area contributed by atoms with E-state index in [9.17, 15) is 33.6 Å². The average Bonchev–Trinajstić information content (AvgIpc) is 4.19. The number of imidazole rings is 3. The summed E-state index contributed by atoms with van der Waals surface area (Å²) >= 11 is 0. The zero-order chi connectivity index (χ0) is 52.5. The quantitative estimate of drug-likeness (QED) is 0.0516. The van der Waals surface area contributed by atoms with Crippen molar-refractivity contribution in [3.05, 3.63) is 159 Å². The fourth-order valence-corrected chi connectivity index (χ4v) is 7.43. The van der Waals surface area contributed by atoms with E-state index in [1.54, 1.807) is 148 Å². The van der Waals surface area contributed by atoms with Crippen molar-refractivity contribution in [2.75, 3.05) is 53.8 Å². The molecule has 0 unspecified atom stereocenters. The van der Waals surface area contributed by atoms with E-state index in [2.05, 4.69) is 52.2 Å². The summed E-state index contributed by atoms with van der Waals surface area (Å²) in [5.41, 5.74) is 2.34. The van der Waals surface area contributed by atoms with E-state index in [0.29, 0.717) is 47.0 Å². The summed E-state index contributed by atoms with van der Waals surface area (Å²) in [7, 11) is 14.0. The van der Waals surface area contributed by atoms with Crippen LogP contribution in [0, 0.1) is 63.3 Å². The van der Waals surface area contributed by atoms with Crippen LogP contribution in [0.3, 0.4) is 0 Å². The Morgan fingerprint density at radius 3 is 1.38 bits per heavy atom. The minimum absolute atomic E-state index is 0. The van der Waals surface area contributed by atoms with Gasteiger partial charge in [0.15, 0.2) is 17.5 Å². The van der Waals surface area contributed by atoms with Gasteiger partial charge in [0.05, 0.1) is 29.0 Å². The Morgan fingerprint density at radius 1 is 0.486 bits per heavy atom. The Balaban J connectivity index is 0.000000245. The molecule has 0 aromatic carbocycles. The third-order valence-electron chi connectivity index (χ3n) is 11.1. The van der Waals surface area contributed by atoms with Gasteiger partial charge in [-0.3, -0.25) is 33.6 Å². The predicted molar refractivity (Wildman–Crippen MR) is 270 cm³/mol. The van der Waals surface area contributed by atoms with Crippen LogP contribution < -0.4 is 37.2 Å². The summed E-state index contributed by atoms with van der Waals surface area (Å²) in [5, 5.41) is 19.2. The molecule has 7 amide bonds. The van der Waals surface area contributed by atoms with Gasteiger partial charge in [-0.15, -0.1) is 0 Å². The maximum Gasteiger partial charge on any atom is 2.00 e. The van der Waals surface area contributed by atoms with E-state index in [-0.39, 0.29) is 69.6 Å². The van der Waals surface area contributed by atoms with E-state index in [1.165, 1.54) is 21.5 Å². The first-order chi connectivity index (χ1) is 34.8. The Morgan fingerprint density at radius 2 is 0.919 bits per heavy atom. The second-order valence-electron chi connectivity index (χ2n) is 17.1. The molecule has 25 heteroatoms. The molecule has 10 radical (unpaired) electrons. The van der Waals surface area contributed by atoms with E-state index in [1.807, 2.05) is 31.8 Å². The Bertz CT molecular complexity index is 3000. The number of nitrogens with zero attached hydrogens (tertiary/aromatic N) is 10. The summed E-state index contributed by atoms with van der Waals surface area (Å²) in [4.78, 5) is 103. The molecular formula is C49H55FeN17O7+2. The zero-order valence-electron chi connectivity index (χ0n) is 41.7. The van der Waals surface area contributed by atoms with Crippen molar-refractivity contribution in [3.63, 3.8) is 0 Å². The van der Waals surface area contributed by atoms with E-state index >= 15 is 0 Å². The van der Waals surface area contributed by atoms with Crippen molar-refractivity contribution < 1.29 is 50.6 Å². The molecule has 2 fully saturated rings. The van der Waals surface area contributed by atoms with Crippen molar-refractivity contribution in [2.24, 2.45) is 42.3 Å². The normalized spacial score (nSPS) is 13.4. The minimum atomic E-state index is -0.507. The van der Waals surface area contributed by atoms with Crippen LogP contribution in [0.4, 0.5) is 28.7 Å². The van der Waals surface area contributed by atoms with Crippen LogP contribution in [-0.4, -0.2) is 116 Å².